The SMILES string of the molecule is CN(CC(=O)NCCCO)S(=O)(=O)c1ccc(Cl)cc1. The number of hydrogen-bond acceptors (Lipinski definition) is 4. The fourth-order valence-electron chi connectivity index (χ4n) is 1.44. The van der Waals surface area contributed by atoms with Crippen molar-refractivity contribution in [1.29, 1.82) is 0 Å². The van der Waals surface area contributed by atoms with Crippen LogP contribution < -0.4 is 5.32 Å². The van der Waals surface area contributed by atoms with Crippen LogP contribution in [-0.2, 0) is 14.8 Å². The summed E-state index contributed by atoms with van der Waals surface area (Å²) in [6.07, 6.45) is 0.430. The minimum Gasteiger partial charge on any atom is -0.396 e. The quantitative estimate of drug-likeness (QED) is 0.715. The van der Waals surface area contributed by atoms with E-state index >= 15 is 0 Å². The molecule has 0 aliphatic rings. The predicted octanol–water partition coefficient (Wildman–Crippen LogP) is 0.459. The van der Waals surface area contributed by atoms with E-state index in [1.807, 2.05) is 0 Å². The molecule has 0 aromatic heterocycles. The second-order valence-electron chi connectivity index (χ2n) is 4.14. The first-order valence-electron chi connectivity index (χ1n) is 5.97. The van der Waals surface area contributed by atoms with Gasteiger partial charge in [-0.05, 0) is 30.7 Å². The van der Waals surface area contributed by atoms with Gasteiger partial charge in [-0.1, -0.05) is 11.6 Å². The standard InChI is InChI=1S/C12H17ClN2O4S/c1-15(9-12(17)14-7-2-8-16)20(18,19)11-5-3-10(13)4-6-11/h3-6,16H,2,7-9H2,1H3,(H,14,17). The number of sulfonamides is 1. The van der Waals surface area contributed by atoms with Crippen molar-refractivity contribution in [2.75, 3.05) is 26.7 Å². The highest BCUT2D eigenvalue weighted by Crippen LogP contribution is 2.17. The molecule has 112 valence electrons. The van der Waals surface area contributed by atoms with Gasteiger partial charge in [0.25, 0.3) is 0 Å². The van der Waals surface area contributed by atoms with Crippen molar-refractivity contribution in [3.05, 3.63) is 29.3 Å². The van der Waals surface area contributed by atoms with Crippen molar-refractivity contribution >= 4 is 27.5 Å². The fraction of sp³-hybridized carbons (Fsp3) is 0.417. The molecule has 0 atom stereocenters. The molecular formula is C12H17ClN2O4S. The smallest absolute Gasteiger partial charge is 0.243 e. The maximum atomic E-state index is 12.2. The van der Waals surface area contributed by atoms with Crippen molar-refractivity contribution in [3.8, 4) is 0 Å². The topological polar surface area (TPSA) is 86.7 Å². The Morgan fingerprint density at radius 3 is 2.50 bits per heavy atom. The summed E-state index contributed by atoms with van der Waals surface area (Å²) >= 11 is 5.70. The first-order valence-corrected chi connectivity index (χ1v) is 7.79. The van der Waals surface area contributed by atoms with Gasteiger partial charge in [-0.25, -0.2) is 8.42 Å². The molecule has 0 unspecified atom stereocenters. The van der Waals surface area contributed by atoms with Crippen molar-refractivity contribution < 1.29 is 18.3 Å². The van der Waals surface area contributed by atoms with Gasteiger partial charge in [-0.2, -0.15) is 4.31 Å². The van der Waals surface area contributed by atoms with Gasteiger partial charge in [-0.15, -0.1) is 0 Å². The first kappa shape index (κ1) is 16.9. The molecular weight excluding hydrogens is 304 g/mol. The lowest BCUT2D eigenvalue weighted by atomic mass is 10.4. The van der Waals surface area contributed by atoms with Crippen LogP contribution in [0.25, 0.3) is 0 Å². The van der Waals surface area contributed by atoms with Gasteiger partial charge in [0, 0.05) is 25.2 Å². The monoisotopic (exact) mass is 320 g/mol. The number of rotatable bonds is 7. The zero-order valence-electron chi connectivity index (χ0n) is 11.0. The number of halogens is 1. The number of aliphatic hydroxyl groups excluding tert-OH is 1. The average molecular weight is 321 g/mol. The number of carbonyl (C=O) groups is 1. The molecule has 1 rings (SSSR count). The summed E-state index contributed by atoms with van der Waals surface area (Å²) in [4.78, 5) is 11.6. The van der Waals surface area contributed by atoms with Crippen molar-refractivity contribution in [3.63, 3.8) is 0 Å². The Bertz CT molecular complexity index is 545. The maximum absolute atomic E-state index is 12.2. The summed E-state index contributed by atoms with van der Waals surface area (Å²) in [6, 6.07) is 5.73. The van der Waals surface area contributed by atoms with Gasteiger partial charge in [0.1, 0.15) is 0 Å². The fourth-order valence-corrected chi connectivity index (χ4v) is 2.69. The minimum atomic E-state index is -3.72. The van der Waals surface area contributed by atoms with Crippen molar-refractivity contribution in [2.45, 2.75) is 11.3 Å². The molecule has 1 amide bonds. The predicted molar refractivity (Wildman–Crippen MR) is 76.0 cm³/mol. The molecule has 0 fully saturated rings. The number of carbonyl (C=O) groups excluding carboxylic acids is 1. The molecule has 0 bridgehead atoms. The average Bonchev–Trinajstić information content (AvgIpc) is 2.39. The number of aliphatic hydroxyl groups is 1. The maximum Gasteiger partial charge on any atom is 0.243 e. The molecule has 0 heterocycles. The molecule has 0 aliphatic carbocycles. The molecule has 0 radical (unpaired) electrons. The molecule has 0 saturated heterocycles. The van der Waals surface area contributed by atoms with Gasteiger partial charge >= 0.3 is 0 Å². The number of nitrogens with zero attached hydrogens (tertiary/aromatic N) is 1. The van der Waals surface area contributed by atoms with Crippen LogP contribution in [0.2, 0.25) is 5.02 Å². The Morgan fingerprint density at radius 2 is 1.95 bits per heavy atom. The third-order valence-electron chi connectivity index (χ3n) is 2.55. The van der Waals surface area contributed by atoms with Gasteiger partial charge in [0.05, 0.1) is 11.4 Å². The van der Waals surface area contributed by atoms with Crippen molar-refractivity contribution in [1.82, 2.24) is 9.62 Å². The normalized spacial score (nSPS) is 11.6. The Hall–Kier alpha value is -1.15. The summed E-state index contributed by atoms with van der Waals surface area (Å²) in [7, 11) is -2.39. The van der Waals surface area contributed by atoms with E-state index in [0.29, 0.717) is 18.0 Å². The summed E-state index contributed by atoms with van der Waals surface area (Å²) in [5, 5.41) is 11.6. The van der Waals surface area contributed by atoms with E-state index in [0.717, 1.165) is 4.31 Å². The largest absolute Gasteiger partial charge is 0.396 e. The summed E-state index contributed by atoms with van der Waals surface area (Å²) < 4.78 is 25.3. The van der Waals surface area contributed by atoms with Gasteiger partial charge < -0.3 is 10.4 Å². The molecule has 1 aromatic rings. The molecule has 0 saturated carbocycles. The van der Waals surface area contributed by atoms with E-state index in [4.69, 9.17) is 16.7 Å². The van der Waals surface area contributed by atoms with Crippen LogP contribution >= 0.6 is 11.6 Å². The summed E-state index contributed by atoms with van der Waals surface area (Å²) in [5.74, 6) is -0.418. The van der Waals surface area contributed by atoms with Gasteiger partial charge in [0.2, 0.25) is 15.9 Å². The molecule has 2 N–H and O–H groups in total. The van der Waals surface area contributed by atoms with Crippen LogP contribution in [0.1, 0.15) is 6.42 Å². The molecule has 0 aliphatic heterocycles. The van der Waals surface area contributed by atoms with Crippen LogP contribution in [0.4, 0.5) is 0 Å². The molecule has 8 heteroatoms. The number of amides is 1. The van der Waals surface area contributed by atoms with E-state index in [2.05, 4.69) is 5.32 Å². The van der Waals surface area contributed by atoms with Crippen LogP contribution in [-0.4, -0.2) is 50.5 Å². The van der Waals surface area contributed by atoms with E-state index in [1.54, 1.807) is 0 Å². The second-order valence-corrected chi connectivity index (χ2v) is 6.62. The van der Waals surface area contributed by atoms with E-state index in [9.17, 15) is 13.2 Å². The van der Waals surface area contributed by atoms with Crippen LogP contribution in [0.5, 0.6) is 0 Å². The molecule has 6 nitrogen and oxygen atoms in total. The Balaban J connectivity index is 2.68. The van der Waals surface area contributed by atoms with Gasteiger partial charge in [-0.3, -0.25) is 4.79 Å². The third-order valence-corrected chi connectivity index (χ3v) is 4.61. The number of hydrogen-bond donors (Lipinski definition) is 2. The van der Waals surface area contributed by atoms with Crippen LogP contribution in [0.15, 0.2) is 29.2 Å². The summed E-state index contributed by atoms with van der Waals surface area (Å²) in [5.41, 5.74) is 0. The number of likely N-dealkylation sites (N-methyl/N-ethyl adjacent to an activating group) is 1. The minimum absolute atomic E-state index is 0.0286. The lowest BCUT2D eigenvalue weighted by Gasteiger charge is -2.16. The Kier molecular flexibility index (Phi) is 6.41. The third kappa shape index (κ3) is 4.75. The lowest BCUT2D eigenvalue weighted by molar-refractivity contribution is -0.121. The molecule has 1 aromatic carbocycles. The number of benzene rings is 1. The van der Waals surface area contributed by atoms with E-state index in [1.165, 1.54) is 31.3 Å². The highest BCUT2D eigenvalue weighted by molar-refractivity contribution is 7.89. The highest BCUT2D eigenvalue weighted by Gasteiger charge is 2.22. The zero-order chi connectivity index (χ0) is 15.2. The molecule has 0 spiro atoms. The first-order chi connectivity index (χ1) is 9.37. The zero-order valence-corrected chi connectivity index (χ0v) is 12.6. The second kappa shape index (κ2) is 7.58. The Labute approximate surface area is 123 Å². The highest BCUT2D eigenvalue weighted by atomic mass is 35.5. The molecule has 20 heavy (non-hydrogen) atoms. The summed E-state index contributed by atoms with van der Waals surface area (Å²) in [6.45, 7) is -0.000251. The van der Waals surface area contributed by atoms with E-state index in [-0.39, 0.29) is 18.0 Å². The van der Waals surface area contributed by atoms with E-state index < -0.39 is 15.9 Å². The van der Waals surface area contributed by atoms with Gasteiger partial charge in [0.15, 0.2) is 0 Å². The number of nitrogens with one attached hydrogen (secondary N) is 1. The van der Waals surface area contributed by atoms with Crippen LogP contribution in [0.3, 0.4) is 0 Å². The Morgan fingerprint density at radius 1 is 1.35 bits per heavy atom. The van der Waals surface area contributed by atoms with Crippen molar-refractivity contribution in [2.24, 2.45) is 0 Å². The van der Waals surface area contributed by atoms with Crippen LogP contribution in [0, 0.1) is 0 Å². The lowest BCUT2D eigenvalue weighted by Crippen LogP contribution is -2.38.